The molecule has 8 fully saturated rings. The number of thiazole rings is 2. The van der Waals surface area contributed by atoms with E-state index < -0.39 is 81.7 Å². The van der Waals surface area contributed by atoms with Crippen molar-refractivity contribution in [1.29, 1.82) is 0 Å². The van der Waals surface area contributed by atoms with Crippen LogP contribution >= 0.6 is 45.9 Å². The van der Waals surface area contributed by atoms with Crippen LogP contribution in [0, 0.1) is 74.9 Å². The number of hydrogen-bond donors (Lipinski definition) is 2. The molecule has 2 N–H and O–H groups in total. The van der Waals surface area contributed by atoms with Crippen molar-refractivity contribution in [3.63, 3.8) is 0 Å². The van der Waals surface area contributed by atoms with Crippen LogP contribution in [-0.4, -0.2) is 151 Å². The van der Waals surface area contributed by atoms with Crippen LogP contribution in [-0.2, 0) is 54.3 Å². The van der Waals surface area contributed by atoms with Crippen LogP contribution in [0.3, 0.4) is 0 Å². The quantitative estimate of drug-likeness (QED) is 0.0326. The molecule has 2 saturated heterocycles. The fourth-order valence-electron chi connectivity index (χ4n) is 18.2. The maximum Gasteiger partial charge on any atom is 0.310 e. The molecule has 6 aromatic rings. The molecule has 2 bridgehead atoms. The van der Waals surface area contributed by atoms with Crippen LogP contribution in [0.1, 0.15) is 196 Å². The Labute approximate surface area is 673 Å². The first kappa shape index (κ1) is 82.2. The fourth-order valence-corrected chi connectivity index (χ4v) is 20.7. The molecule has 16 atom stereocenters. The van der Waals surface area contributed by atoms with Gasteiger partial charge in [0.2, 0.25) is 11.8 Å². The molecule has 6 heterocycles. The van der Waals surface area contributed by atoms with Crippen LogP contribution in [0.15, 0.2) is 59.8 Å². The maximum absolute atomic E-state index is 14.8. The van der Waals surface area contributed by atoms with E-state index in [1.165, 1.54) is 43.3 Å². The third-order valence-corrected chi connectivity index (χ3v) is 27.6. The number of nitrogens with zero attached hydrogens (tertiary/aromatic N) is 6. The summed E-state index contributed by atoms with van der Waals surface area (Å²) in [6.45, 7) is 25.7. The number of carbonyl (C=O) groups excluding carboxylic acids is 6. The summed E-state index contributed by atoms with van der Waals surface area (Å²) in [6, 6.07) is 8.83. The van der Waals surface area contributed by atoms with Gasteiger partial charge in [0.05, 0.1) is 108 Å². The molecule has 8 unspecified atom stereocenters. The largest absolute Gasteiger partial charge is 0.495 e. The number of rotatable bonds is 29. The number of pyridine rings is 2. The number of methoxy groups -OCH3 is 2. The number of amides is 2. The van der Waals surface area contributed by atoms with Gasteiger partial charge in [-0.25, -0.2) is 19.9 Å². The zero-order chi connectivity index (χ0) is 80.5. The smallest absolute Gasteiger partial charge is 0.310 e. The van der Waals surface area contributed by atoms with Gasteiger partial charge in [0.1, 0.15) is 68.2 Å². The Balaban J connectivity index is 0.000000196. The van der Waals surface area contributed by atoms with Crippen LogP contribution < -0.4 is 18.9 Å². The lowest BCUT2D eigenvalue weighted by atomic mass is 9.77. The molecule has 0 radical (unpaired) electrons. The molecule has 14 rings (SSSR count). The molecule has 112 heavy (non-hydrogen) atoms. The van der Waals surface area contributed by atoms with Crippen molar-refractivity contribution in [1.82, 2.24) is 29.7 Å². The van der Waals surface area contributed by atoms with Crippen molar-refractivity contribution in [2.75, 3.05) is 27.3 Å². The number of halogens is 2. The number of ketones is 2. The van der Waals surface area contributed by atoms with E-state index in [4.69, 9.17) is 71.6 Å². The summed E-state index contributed by atoms with van der Waals surface area (Å²) in [6.07, 6.45) is 9.05. The van der Waals surface area contributed by atoms with E-state index in [9.17, 15) is 48.6 Å². The molecule has 6 aliphatic carbocycles. The SMILES string of the molecule is C=CC1C[C@]1(CC(=O)[C@@H]1CC(Oc2cc(-c3nc(C(C)C)cs3)nc3c(Cl)c(OC)ccc23)CN1C(=O)[C@@H](CC(=O)OC1C[C@@H]2C[C@@H]2C1)C(C)(C)C)C(=O)O.CCC1C[C@]1(CC(=O)[C@@H]1CC(Oc2cc(-c3csc(CC(C)C)n3)nc3c(Cl)c(OC)ccc23)CN1C(=O)[C@@H](CC(=O)OC1CC2CCC1C2)C(C)(C)C)C(=O)O. The number of hydrogen-bond acceptors (Lipinski definition) is 20. The zero-order valence-corrected chi connectivity index (χ0v) is 69.6. The Bertz CT molecular complexity index is 4650. The molecular formula is C86H106Cl2N6O16S2. The molecule has 8 aliphatic rings. The maximum atomic E-state index is 14.8. The fraction of sp³-hybridized carbons (Fsp3) is 0.605. The van der Waals surface area contributed by atoms with Crippen molar-refractivity contribution in [2.45, 2.75) is 228 Å². The highest BCUT2D eigenvalue weighted by atomic mass is 35.5. The number of aromatic nitrogens is 4. The Kier molecular flexibility index (Phi) is 23.8. The average molecular weight is 1610 g/mol. The third-order valence-electron chi connectivity index (χ3n) is 25.1. The number of carboxylic acid groups (broad SMARTS) is 2. The van der Waals surface area contributed by atoms with E-state index >= 15 is 0 Å². The second-order valence-electron chi connectivity index (χ2n) is 35.7. The van der Waals surface area contributed by atoms with Gasteiger partial charge in [0.15, 0.2) is 11.6 Å². The van der Waals surface area contributed by atoms with Gasteiger partial charge in [0.25, 0.3) is 0 Å². The highest BCUT2D eigenvalue weighted by molar-refractivity contribution is 7.13. The second-order valence-corrected chi connectivity index (χ2v) is 38.3. The minimum atomic E-state index is -1.25. The van der Waals surface area contributed by atoms with Gasteiger partial charge < -0.3 is 48.4 Å². The molecule has 602 valence electrons. The van der Waals surface area contributed by atoms with Crippen LogP contribution in [0.25, 0.3) is 43.9 Å². The number of Topliss-reactive ketones (excluding diaryl/α,β-unsaturated/α-hetero) is 2. The molecule has 2 aliphatic heterocycles. The van der Waals surface area contributed by atoms with E-state index in [-0.39, 0.29) is 105 Å². The first-order chi connectivity index (χ1) is 53.0. The summed E-state index contributed by atoms with van der Waals surface area (Å²) in [7, 11) is 3.07. The van der Waals surface area contributed by atoms with Gasteiger partial charge in [-0.15, -0.1) is 29.3 Å². The van der Waals surface area contributed by atoms with Gasteiger partial charge in [-0.05, 0) is 140 Å². The molecular weight excluding hydrogens is 1510 g/mol. The van der Waals surface area contributed by atoms with Gasteiger partial charge in [-0.1, -0.05) is 112 Å². The summed E-state index contributed by atoms with van der Waals surface area (Å²) in [5, 5.41) is 27.9. The van der Waals surface area contributed by atoms with Crippen LogP contribution in [0.2, 0.25) is 10.0 Å². The van der Waals surface area contributed by atoms with Gasteiger partial charge >= 0.3 is 23.9 Å². The van der Waals surface area contributed by atoms with E-state index in [0.29, 0.717) is 126 Å². The number of ether oxygens (including phenoxy) is 6. The normalized spacial score (nSPS) is 27.3. The summed E-state index contributed by atoms with van der Waals surface area (Å²) < 4.78 is 36.5. The molecule has 2 aromatic carbocycles. The second kappa shape index (κ2) is 32.5. The zero-order valence-electron chi connectivity index (χ0n) is 66.4. The predicted octanol–water partition coefficient (Wildman–Crippen LogP) is 16.9. The molecule has 22 nitrogen and oxygen atoms in total. The lowest BCUT2D eigenvalue weighted by Gasteiger charge is -2.35. The predicted molar refractivity (Wildman–Crippen MR) is 428 cm³/mol. The number of aliphatic carboxylic acids is 2. The van der Waals surface area contributed by atoms with Crippen molar-refractivity contribution >= 4 is 115 Å². The Morgan fingerprint density at radius 2 is 1.15 bits per heavy atom. The highest BCUT2D eigenvalue weighted by Gasteiger charge is 2.63. The molecule has 0 spiro atoms. The van der Waals surface area contributed by atoms with Crippen molar-refractivity contribution in [3.8, 4) is 45.1 Å². The highest BCUT2D eigenvalue weighted by Crippen LogP contribution is 2.59. The van der Waals surface area contributed by atoms with E-state index in [1.54, 1.807) is 40.5 Å². The lowest BCUT2D eigenvalue weighted by Crippen LogP contribution is -2.48. The number of likely N-dealkylation sites (tertiary alicyclic amines) is 2. The standard InChI is InChI=1S/C44H56ClN3O8S.C42H50ClN3O8S/c1-8-26-19-44(26,42(52)53)20-33(49)32-16-27(21-48(32)41(51)29(43(4,5)6)17-38(50)56-35-15-24-9-10-25(35)14-24)55-36-18-30(31-22-57-37(46-31)13-23(2)3)47-40-28(36)11-12-34(54-7)39(40)45;1-8-24-17-42(24,40(50)51)18-32(47)31-14-26(19-46(31)39(49)28(41(4,5)6)15-35(48)54-25-12-22-11-23(22)13-25)53-34-16-29(38-45-30(20-55-38)21(2)3)44-37-27(34)9-10-33(52-7)36(37)43/h11-12,18,22-27,29,32,35H,8-10,13-17,19-21H2,1-7H3,(H,52,53);8-10,16,20-26,28,31H,1,11-15,17-19H2,2-7H3,(H,50,51)/t24?,25?,26?,27?,29-,32+,35?,44-;22-,23+,24?,25?,26?,28-,31+,42-/m11/s1. The molecule has 2 amide bonds. The molecule has 26 heteroatoms. The summed E-state index contributed by atoms with van der Waals surface area (Å²) in [5.74, 6) is -1.53. The minimum absolute atomic E-state index is 0.0472. The topological polar surface area (TPSA) is 290 Å². The third kappa shape index (κ3) is 17.1. The van der Waals surface area contributed by atoms with E-state index in [2.05, 4.69) is 34.3 Å². The molecule has 4 aromatic heterocycles. The molecule has 6 saturated carbocycles. The minimum Gasteiger partial charge on any atom is -0.495 e. The number of allylic oxidation sites excluding steroid dienone is 1. The number of carboxylic acids is 2. The Hall–Kier alpha value is -7.80. The van der Waals surface area contributed by atoms with Gasteiger partial charge in [-0.3, -0.25) is 38.4 Å². The number of fused-ring (bicyclic) bond motifs is 5. The first-order valence-electron chi connectivity index (χ1n) is 39.8. The van der Waals surface area contributed by atoms with E-state index in [1.807, 2.05) is 77.4 Å². The average Bonchev–Trinajstić information content (AvgIpc) is 1.56. The van der Waals surface area contributed by atoms with Crippen LogP contribution in [0.4, 0.5) is 0 Å². The van der Waals surface area contributed by atoms with Gasteiger partial charge in [-0.2, -0.15) is 0 Å². The number of carbonyl (C=O) groups is 8. The van der Waals surface area contributed by atoms with Crippen molar-refractivity contribution in [2.24, 2.45) is 74.9 Å². The van der Waals surface area contributed by atoms with Crippen molar-refractivity contribution < 1.29 is 77.0 Å². The monoisotopic (exact) mass is 1610 g/mol. The van der Waals surface area contributed by atoms with Crippen LogP contribution in [0.5, 0.6) is 23.0 Å². The lowest BCUT2D eigenvalue weighted by molar-refractivity contribution is -0.158. The summed E-state index contributed by atoms with van der Waals surface area (Å²) in [5.41, 5.74) is -0.0586. The van der Waals surface area contributed by atoms with E-state index in [0.717, 1.165) is 49.2 Å². The number of benzene rings is 2. The number of esters is 2. The first-order valence-corrected chi connectivity index (χ1v) is 42.3. The summed E-state index contributed by atoms with van der Waals surface area (Å²) >= 11 is 16.7. The van der Waals surface area contributed by atoms with Crippen molar-refractivity contribution in [3.05, 3.63) is 80.6 Å². The van der Waals surface area contributed by atoms with Gasteiger partial charge in [0, 0.05) is 65.8 Å². The Morgan fingerprint density at radius 3 is 1.61 bits per heavy atom. The Morgan fingerprint density at radius 1 is 0.616 bits per heavy atom. The summed E-state index contributed by atoms with van der Waals surface area (Å²) in [4.78, 5) is 133.